The second-order valence-electron chi connectivity index (χ2n) is 6.25. The van der Waals surface area contributed by atoms with Gasteiger partial charge in [0.2, 0.25) is 5.91 Å². The Bertz CT molecular complexity index is 721. The minimum absolute atomic E-state index is 0.0357. The van der Waals surface area contributed by atoms with Crippen molar-refractivity contribution in [2.75, 3.05) is 25.6 Å². The minimum atomic E-state index is 0.0357. The molecule has 3 heterocycles. The Labute approximate surface area is 148 Å². The molecule has 1 aliphatic rings. The van der Waals surface area contributed by atoms with E-state index in [2.05, 4.69) is 15.3 Å². The summed E-state index contributed by atoms with van der Waals surface area (Å²) in [6, 6.07) is 9.80. The van der Waals surface area contributed by atoms with Crippen LogP contribution < -0.4 is 5.32 Å². The van der Waals surface area contributed by atoms with Crippen LogP contribution in [-0.2, 0) is 9.53 Å². The van der Waals surface area contributed by atoms with Gasteiger partial charge in [0.25, 0.3) is 0 Å². The second kappa shape index (κ2) is 8.07. The van der Waals surface area contributed by atoms with Crippen molar-refractivity contribution < 1.29 is 9.53 Å². The van der Waals surface area contributed by atoms with E-state index in [1.807, 2.05) is 42.2 Å². The standard InChI is InChI=1S/C19H24N4O2/c1-14-12-15(22-18-7-3-4-9-20-18)13-16(21-14)17-6-5-10-23(17)19(24)8-11-25-2/h3-4,7,9,12-13,17H,5-6,8,10-11H2,1-2H3,(H,20,21,22)/t17-/m1/s1. The van der Waals surface area contributed by atoms with Crippen LogP contribution in [0.2, 0.25) is 0 Å². The van der Waals surface area contributed by atoms with Gasteiger partial charge in [-0.25, -0.2) is 4.98 Å². The van der Waals surface area contributed by atoms with Crippen LogP contribution in [-0.4, -0.2) is 41.0 Å². The molecule has 0 unspecified atom stereocenters. The summed E-state index contributed by atoms with van der Waals surface area (Å²) in [6.07, 6.45) is 4.11. The molecule has 0 spiro atoms. The van der Waals surface area contributed by atoms with Crippen molar-refractivity contribution >= 4 is 17.4 Å². The molecule has 0 bridgehead atoms. The van der Waals surface area contributed by atoms with E-state index in [0.29, 0.717) is 13.0 Å². The van der Waals surface area contributed by atoms with Crippen molar-refractivity contribution in [2.24, 2.45) is 0 Å². The summed E-state index contributed by atoms with van der Waals surface area (Å²) in [7, 11) is 1.62. The van der Waals surface area contributed by atoms with E-state index in [1.165, 1.54) is 0 Å². The lowest BCUT2D eigenvalue weighted by molar-refractivity contribution is -0.133. The summed E-state index contributed by atoms with van der Waals surface area (Å²) in [6.45, 7) is 3.21. The molecule has 3 rings (SSSR count). The molecule has 1 atom stereocenters. The molecule has 2 aromatic rings. The van der Waals surface area contributed by atoms with Crippen LogP contribution in [0.4, 0.5) is 11.5 Å². The largest absolute Gasteiger partial charge is 0.384 e. The average molecular weight is 340 g/mol. The summed E-state index contributed by atoms with van der Waals surface area (Å²) in [5, 5.41) is 3.31. The minimum Gasteiger partial charge on any atom is -0.384 e. The molecule has 1 N–H and O–H groups in total. The molecule has 1 amide bonds. The zero-order valence-electron chi connectivity index (χ0n) is 14.7. The van der Waals surface area contributed by atoms with Gasteiger partial charge in [0, 0.05) is 31.2 Å². The van der Waals surface area contributed by atoms with E-state index < -0.39 is 0 Å². The molecule has 1 aliphatic heterocycles. The number of pyridine rings is 2. The third-order valence-corrected chi connectivity index (χ3v) is 4.35. The number of ether oxygens (including phenoxy) is 1. The molecule has 1 saturated heterocycles. The van der Waals surface area contributed by atoms with Gasteiger partial charge in [0.1, 0.15) is 5.82 Å². The summed E-state index contributed by atoms with van der Waals surface area (Å²) >= 11 is 0. The van der Waals surface area contributed by atoms with Crippen LogP contribution in [0.15, 0.2) is 36.5 Å². The van der Waals surface area contributed by atoms with Gasteiger partial charge in [0.05, 0.1) is 24.8 Å². The lowest BCUT2D eigenvalue weighted by atomic mass is 10.1. The third-order valence-electron chi connectivity index (χ3n) is 4.35. The van der Waals surface area contributed by atoms with Gasteiger partial charge in [-0.15, -0.1) is 0 Å². The van der Waals surface area contributed by atoms with Crippen molar-refractivity contribution in [1.82, 2.24) is 14.9 Å². The van der Waals surface area contributed by atoms with Crippen molar-refractivity contribution in [3.05, 3.63) is 47.9 Å². The normalized spacial score (nSPS) is 16.9. The van der Waals surface area contributed by atoms with Crippen molar-refractivity contribution in [2.45, 2.75) is 32.2 Å². The number of anilines is 2. The first-order valence-corrected chi connectivity index (χ1v) is 8.62. The highest BCUT2D eigenvalue weighted by Gasteiger charge is 2.30. The van der Waals surface area contributed by atoms with Gasteiger partial charge < -0.3 is 15.0 Å². The number of nitrogens with one attached hydrogen (secondary N) is 1. The molecule has 0 aliphatic carbocycles. The molecule has 0 radical (unpaired) electrons. The summed E-state index contributed by atoms with van der Waals surface area (Å²) in [5.41, 5.74) is 2.80. The molecular weight excluding hydrogens is 316 g/mol. The van der Waals surface area contributed by atoms with Crippen LogP contribution in [0.25, 0.3) is 0 Å². The van der Waals surface area contributed by atoms with Crippen LogP contribution in [0.3, 0.4) is 0 Å². The maximum Gasteiger partial charge on any atom is 0.225 e. The van der Waals surface area contributed by atoms with Gasteiger partial charge in [-0.2, -0.15) is 0 Å². The maximum absolute atomic E-state index is 12.4. The van der Waals surface area contributed by atoms with Crippen LogP contribution in [0.5, 0.6) is 0 Å². The van der Waals surface area contributed by atoms with Crippen molar-refractivity contribution in [1.29, 1.82) is 0 Å². The number of hydrogen-bond donors (Lipinski definition) is 1. The van der Waals surface area contributed by atoms with E-state index in [9.17, 15) is 4.79 Å². The number of likely N-dealkylation sites (tertiary alicyclic amines) is 1. The Kier molecular flexibility index (Phi) is 5.60. The number of amides is 1. The zero-order valence-corrected chi connectivity index (χ0v) is 14.7. The molecule has 0 saturated carbocycles. The predicted molar refractivity (Wildman–Crippen MR) is 96.7 cm³/mol. The lowest BCUT2D eigenvalue weighted by Crippen LogP contribution is -2.31. The molecule has 6 nitrogen and oxygen atoms in total. The Hall–Kier alpha value is -2.47. The van der Waals surface area contributed by atoms with Crippen LogP contribution >= 0.6 is 0 Å². The third kappa shape index (κ3) is 4.33. The zero-order chi connectivity index (χ0) is 17.6. The SMILES string of the molecule is COCCC(=O)N1CCC[C@@H]1c1cc(Nc2ccccn2)cc(C)n1. The Morgan fingerprint density at radius 2 is 2.28 bits per heavy atom. The highest BCUT2D eigenvalue weighted by atomic mass is 16.5. The van der Waals surface area contributed by atoms with E-state index in [1.54, 1.807) is 13.3 Å². The van der Waals surface area contributed by atoms with Crippen molar-refractivity contribution in [3.63, 3.8) is 0 Å². The lowest BCUT2D eigenvalue weighted by Gasteiger charge is -2.25. The molecular formula is C19H24N4O2. The monoisotopic (exact) mass is 340 g/mol. The second-order valence-corrected chi connectivity index (χ2v) is 6.25. The first kappa shape index (κ1) is 17.4. The number of aryl methyl sites for hydroxylation is 1. The van der Waals surface area contributed by atoms with E-state index in [4.69, 9.17) is 4.74 Å². The highest BCUT2D eigenvalue weighted by Crippen LogP contribution is 2.33. The fourth-order valence-electron chi connectivity index (χ4n) is 3.23. The topological polar surface area (TPSA) is 67.3 Å². The molecule has 2 aromatic heterocycles. The first-order valence-electron chi connectivity index (χ1n) is 8.62. The van der Waals surface area contributed by atoms with Crippen molar-refractivity contribution in [3.8, 4) is 0 Å². The fraction of sp³-hybridized carbons (Fsp3) is 0.421. The van der Waals surface area contributed by atoms with Gasteiger partial charge in [0.15, 0.2) is 0 Å². The van der Waals surface area contributed by atoms with Gasteiger partial charge >= 0.3 is 0 Å². The molecule has 25 heavy (non-hydrogen) atoms. The Balaban J connectivity index is 1.80. The smallest absolute Gasteiger partial charge is 0.225 e. The quantitative estimate of drug-likeness (QED) is 0.874. The van der Waals surface area contributed by atoms with Gasteiger partial charge in [-0.3, -0.25) is 9.78 Å². The number of aromatic nitrogens is 2. The number of nitrogens with zero attached hydrogens (tertiary/aromatic N) is 3. The number of carbonyl (C=O) groups is 1. The predicted octanol–water partition coefficient (Wildman–Crippen LogP) is 3.23. The van der Waals surface area contributed by atoms with E-state index >= 15 is 0 Å². The van der Waals surface area contributed by atoms with Gasteiger partial charge in [-0.05, 0) is 44.0 Å². The van der Waals surface area contributed by atoms with E-state index in [-0.39, 0.29) is 11.9 Å². The summed E-state index contributed by atoms with van der Waals surface area (Å²) < 4.78 is 5.04. The average Bonchev–Trinajstić information content (AvgIpc) is 3.10. The number of hydrogen-bond acceptors (Lipinski definition) is 5. The fourth-order valence-corrected chi connectivity index (χ4v) is 3.23. The molecule has 6 heteroatoms. The summed E-state index contributed by atoms with van der Waals surface area (Å²) in [4.78, 5) is 23.4. The molecule has 132 valence electrons. The number of rotatable bonds is 6. The Morgan fingerprint density at radius 3 is 3.04 bits per heavy atom. The highest BCUT2D eigenvalue weighted by molar-refractivity contribution is 5.77. The summed E-state index contributed by atoms with van der Waals surface area (Å²) in [5.74, 6) is 0.922. The van der Waals surface area contributed by atoms with Crippen LogP contribution in [0.1, 0.15) is 36.7 Å². The van der Waals surface area contributed by atoms with Crippen LogP contribution in [0, 0.1) is 6.92 Å². The van der Waals surface area contributed by atoms with Gasteiger partial charge in [-0.1, -0.05) is 6.07 Å². The number of methoxy groups -OCH3 is 1. The number of carbonyl (C=O) groups excluding carboxylic acids is 1. The Morgan fingerprint density at radius 1 is 1.40 bits per heavy atom. The maximum atomic E-state index is 12.4. The first-order chi connectivity index (χ1) is 12.2. The molecule has 0 aromatic carbocycles. The molecule has 1 fully saturated rings. The van der Waals surface area contributed by atoms with E-state index in [0.717, 1.165) is 42.3 Å².